The van der Waals surface area contributed by atoms with Crippen LogP contribution in [0, 0.1) is 22.7 Å². The van der Waals surface area contributed by atoms with Crippen LogP contribution >= 0.6 is 0 Å². The fourth-order valence-electron chi connectivity index (χ4n) is 8.30. The molecule has 0 aliphatic heterocycles. The molecule has 1 aromatic rings. The Balaban J connectivity index is 1.50. The molecule has 8 atom stereocenters. The molecule has 5 heteroatoms. The summed E-state index contributed by atoms with van der Waals surface area (Å²) in [6, 6.07) is 3.35. The van der Waals surface area contributed by atoms with Crippen molar-refractivity contribution < 1.29 is 19.7 Å². The molecule has 1 heterocycles. The van der Waals surface area contributed by atoms with Gasteiger partial charge in [0.1, 0.15) is 0 Å². The van der Waals surface area contributed by atoms with Crippen LogP contribution in [0.25, 0.3) is 0 Å². The van der Waals surface area contributed by atoms with Gasteiger partial charge in [0, 0.05) is 17.9 Å². The number of aliphatic hydroxyl groups is 3. The molecule has 5 nitrogen and oxygen atoms in total. The fraction of sp³-hybridized carbons (Fsp3) is 0.792. The summed E-state index contributed by atoms with van der Waals surface area (Å²) in [6.45, 7) is 4.43. The third-order valence-corrected chi connectivity index (χ3v) is 10.1. The Morgan fingerprint density at radius 3 is 2.38 bits per heavy atom. The normalized spacial score (nSPS) is 51.8. The molecular weight excluding hydrogens is 368 g/mol. The minimum absolute atomic E-state index is 0.169. The quantitative estimate of drug-likeness (QED) is 0.670. The Labute approximate surface area is 172 Å². The van der Waals surface area contributed by atoms with Gasteiger partial charge < -0.3 is 19.7 Å². The average Bonchev–Trinajstić information content (AvgIpc) is 2.95. The van der Waals surface area contributed by atoms with E-state index in [9.17, 15) is 20.1 Å². The van der Waals surface area contributed by atoms with Gasteiger partial charge in [-0.1, -0.05) is 13.8 Å². The average molecular weight is 403 g/mol. The summed E-state index contributed by atoms with van der Waals surface area (Å²) < 4.78 is 5.15. The maximum atomic E-state index is 12.2. The Morgan fingerprint density at radius 2 is 1.66 bits per heavy atom. The molecule has 0 saturated heterocycles. The molecule has 0 amide bonds. The highest BCUT2D eigenvalue weighted by atomic mass is 16.4. The van der Waals surface area contributed by atoms with Crippen molar-refractivity contribution in [3.05, 3.63) is 34.4 Å². The van der Waals surface area contributed by atoms with E-state index in [0.717, 1.165) is 50.5 Å². The van der Waals surface area contributed by atoms with Crippen molar-refractivity contribution in [2.45, 2.75) is 94.9 Å². The second-order valence-corrected chi connectivity index (χ2v) is 11.0. The molecule has 4 fully saturated rings. The van der Waals surface area contributed by atoms with Crippen LogP contribution in [0.15, 0.2) is 27.6 Å². The van der Waals surface area contributed by atoms with Crippen molar-refractivity contribution >= 4 is 0 Å². The van der Waals surface area contributed by atoms with Gasteiger partial charge in [-0.3, -0.25) is 0 Å². The van der Waals surface area contributed by atoms with Crippen LogP contribution in [-0.4, -0.2) is 32.6 Å². The zero-order chi connectivity index (χ0) is 20.7. The zero-order valence-corrected chi connectivity index (χ0v) is 17.6. The highest BCUT2D eigenvalue weighted by Gasteiger charge is 2.69. The summed E-state index contributed by atoms with van der Waals surface area (Å²) in [5.41, 5.74) is -1.41. The lowest BCUT2D eigenvalue weighted by molar-refractivity contribution is -0.253. The van der Waals surface area contributed by atoms with E-state index in [4.69, 9.17) is 4.42 Å². The standard InChI is InChI=1S/C24H34O5/c1-21-9-5-16(25)13-23(21,27)11-7-19-18(21)6-10-22(2)17(8-12-24(19,22)28)15-3-4-20(26)29-14-15/h3-4,14,16-19,25,27-28H,5-13H2,1-2H3/t16-,17?,18?,19?,21?,22?,23-,24?/m0/s1. The summed E-state index contributed by atoms with van der Waals surface area (Å²) in [6.07, 6.45) is 8.22. The minimum Gasteiger partial charge on any atom is -0.431 e. The Kier molecular flexibility index (Phi) is 4.21. The third kappa shape index (κ3) is 2.47. The van der Waals surface area contributed by atoms with Crippen molar-refractivity contribution in [3.8, 4) is 0 Å². The second kappa shape index (κ2) is 6.18. The molecule has 29 heavy (non-hydrogen) atoms. The van der Waals surface area contributed by atoms with Crippen LogP contribution in [0.4, 0.5) is 0 Å². The first-order chi connectivity index (χ1) is 13.6. The van der Waals surface area contributed by atoms with Crippen LogP contribution in [0.2, 0.25) is 0 Å². The van der Waals surface area contributed by atoms with E-state index in [0.29, 0.717) is 12.8 Å². The van der Waals surface area contributed by atoms with E-state index >= 15 is 0 Å². The van der Waals surface area contributed by atoms with Gasteiger partial charge in [0.2, 0.25) is 0 Å². The van der Waals surface area contributed by atoms with Crippen LogP contribution in [0.5, 0.6) is 0 Å². The summed E-state index contributed by atoms with van der Waals surface area (Å²) in [7, 11) is 0. The van der Waals surface area contributed by atoms with E-state index in [2.05, 4.69) is 13.8 Å². The van der Waals surface area contributed by atoms with Gasteiger partial charge in [-0.05, 0) is 86.2 Å². The van der Waals surface area contributed by atoms with Crippen LogP contribution in [-0.2, 0) is 0 Å². The molecule has 5 rings (SSSR count). The Morgan fingerprint density at radius 1 is 0.931 bits per heavy atom. The van der Waals surface area contributed by atoms with Crippen molar-refractivity contribution in [2.75, 3.05) is 0 Å². The lowest BCUT2D eigenvalue weighted by Crippen LogP contribution is -2.67. The summed E-state index contributed by atoms with van der Waals surface area (Å²) in [5, 5.41) is 33.9. The second-order valence-electron chi connectivity index (χ2n) is 11.0. The van der Waals surface area contributed by atoms with Crippen molar-refractivity contribution in [3.63, 3.8) is 0 Å². The molecule has 4 aliphatic carbocycles. The first-order valence-electron chi connectivity index (χ1n) is 11.3. The third-order valence-electron chi connectivity index (χ3n) is 10.1. The van der Waals surface area contributed by atoms with Gasteiger partial charge in [-0.25, -0.2) is 4.79 Å². The van der Waals surface area contributed by atoms with Gasteiger partial charge in [-0.2, -0.15) is 0 Å². The Hall–Kier alpha value is -1.17. The minimum atomic E-state index is -0.823. The molecule has 0 spiro atoms. The molecule has 4 aliphatic rings. The molecule has 3 N–H and O–H groups in total. The number of hydrogen-bond donors (Lipinski definition) is 3. The smallest absolute Gasteiger partial charge is 0.335 e. The van der Waals surface area contributed by atoms with E-state index in [1.165, 1.54) is 6.07 Å². The lowest BCUT2D eigenvalue weighted by atomic mass is 9.42. The van der Waals surface area contributed by atoms with E-state index < -0.39 is 17.3 Å². The number of fused-ring (bicyclic) bond motifs is 5. The van der Waals surface area contributed by atoms with Crippen LogP contribution in [0.3, 0.4) is 0 Å². The van der Waals surface area contributed by atoms with Gasteiger partial charge in [0.05, 0.1) is 23.6 Å². The van der Waals surface area contributed by atoms with Gasteiger partial charge in [-0.15, -0.1) is 0 Å². The van der Waals surface area contributed by atoms with E-state index in [1.807, 2.05) is 6.07 Å². The molecule has 0 bridgehead atoms. The first kappa shape index (κ1) is 19.8. The number of aliphatic hydroxyl groups excluding tert-OH is 1. The zero-order valence-electron chi connectivity index (χ0n) is 17.6. The molecular formula is C24H34O5. The van der Waals surface area contributed by atoms with Gasteiger partial charge >= 0.3 is 5.63 Å². The molecule has 6 unspecified atom stereocenters. The van der Waals surface area contributed by atoms with Crippen LogP contribution < -0.4 is 5.63 Å². The monoisotopic (exact) mass is 402 g/mol. The first-order valence-corrected chi connectivity index (χ1v) is 11.3. The molecule has 160 valence electrons. The molecule has 1 aromatic heterocycles. The topological polar surface area (TPSA) is 90.9 Å². The molecule has 0 radical (unpaired) electrons. The number of hydrogen-bond acceptors (Lipinski definition) is 5. The summed E-state index contributed by atoms with van der Waals surface area (Å²) in [5.74, 6) is 0.626. The predicted octanol–water partition coefficient (Wildman–Crippen LogP) is 3.36. The predicted molar refractivity (Wildman–Crippen MR) is 108 cm³/mol. The highest BCUT2D eigenvalue weighted by Crippen LogP contribution is 2.71. The van der Waals surface area contributed by atoms with Crippen LogP contribution in [0.1, 0.15) is 83.1 Å². The van der Waals surface area contributed by atoms with Crippen molar-refractivity contribution in [1.29, 1.82) is 0 Å². The maximum absolute atomic E-state index is 12.2. The summed E-state index contributed by atoms with van der Waals surface area (Å²) >= 11 is 0. The van der Waals surface area contributed by atoms with Gasteiger partial charge in [0.15, 0.2) is 0 Å². The van der Waals surface area contributed by atoms with Crippen molar-refractivity contribution in [2.24, 2.45) is 22.7 Å². The molecule has 4 saturated carbocycles. The maximum Gasteiger partial charge on any atom is 0.335 e. The highest BCUT2D eigenvalue weighted by molar-refractivity contribution is 5.27. The number of rotatable bonds is 1. The fourth-order valence-corrected chi connectivity index (χ4v) is 8.30. The SMILES string of the molecule is CC12CCC3C(CC[C@]4(O)C[C@@H](O)CCC34C)C1(O)CCC2c1ccc(=O)oc1. The van der Waals surface area contributed by atoms with E-state index in [1.54, 1.807) is 6.26 Å². The molecule has 0 aromatic carbocycles. The van der Waals surface area contributed by atoms with Crippen molar-refractivity contribution in [1.82, 2.24) is 0 Å². The largest absolute Gasteiger partial charge is 0.431 e. The Bertz CT molecular complexity index is 845. The van der Waals surface area contributed by atoms with Gasteiger partial charge in [0.25, 0.3) is 0 Å². The summed E-state index contributed by atoms with van der Waals surface area (Å²) in [4.78, 5) is 11.4. The van der Waals surface area contributed by atoms with E-state index in [-0.39, 0.29) is 34.2 Å². The lowest BCUT2D eigenvalue weighted by Gasteiger charge is -2.66.